The Morgan fingerprint density at radius 1 is 1.21 bits per heavy atom. The van der Waals surface area contributed by atoms with Crippen LogP contribution in [0.25, 0.3) is 0 Å². The zero-order valence-corrected chi connectivity index (χ0v) is 16.9. The predicted molar refractivity (Wildman–Crippen MR) is 106 cm³/mol. The molecule has 156 valence electrons. The Balaban J connectivity index is 2.34. The fraction of sp³-hybridized carbons (Fsp3) is 0.400. The standard InChI is InChI=1S/C20H26N4O5/c1-13(18(26)27)24(16-10-11-21-23-16)17(25)15(12-14-8-6-5-7-9-14)22-19(28)29-20(2,3)4/h5-11,13,15H,12H2,1-4H3,(H,21,23)(H,22,28)(H,26,27)/t13-,15-/m0/s1. The van der Waals surface area contributed by atoms with Gasteiger partial charge >= 0.3 is 12.1 Å². The highest BCUT2D eigenvalue weighted by molar-refractivity contribution is 6.02. The molecule has 2 rings (SSSR count). The third-order valence-electron chi connectivity index (χ3n) is 3.99. The van der Waals surface area contributed by atoms with Crippen LogP contribution < -0.4 is 10.2 Å². The fourth-order valence-corrected chi connectivity index (χ4v) is 2.67. The molecule has 2 amide bonds. The zero-order valence-electron chi connectivity index (χ0n) is 16.9. The summed E-state index contributed by atoms with van der Waals surface area (Å²) in [4.78, 5) is 38.3. The maximum Gasteiger partial charge on any atom is 0.408 e. The summed E-state index contributed by atoms with van der Waals surface area (Å²) in [6.45, 7) is 6.51. The van der Waals surface area contributed by atoms with Crippen molar-refractivity contribution in [2.75, 3.05) is 4.90 Å². The number of amides is 2. The van der Waals surface area contributed by atoms with Gasteiger partial charge in [-0.3, -0.25) is 14.8 Å². The van der Waals surface area contributed by atoms with Crippen LogP contribution in [-0.4, -0.2) is 51.0 Å². The molecule has 0 aliphatic heterocycles. The van der Waals surface area contributed by atoms with Gasteiger partial charge < -0.3 is 15.2 Å². The lowest BCUT2D eigenvalue weighted by Gasteiger charge is -2.29. The van der Waals surface area contributed by atoms with Crippen LogP contribution in [0.2, 0.25) is 0 Å². The van der Waals surface area contributed by atoms with Crippen LogP contribution in [0.1, 0.15) is 33.3 Å². The molecule has 2 atom stereocenters. The van der Waals surface area contributed by atoms with Crippen molar-refractivity contribution in [2.45, 2.75) is 51.8 Å². The third-order valence-corrected chi connectivity index (χ3v) is 3.99. The predicted octanol–water partition coefficient (Wildman–Crippen LogP) is 2.35. The topological polar surface area (TPSA) is 125 Å². The van der Waals surface area contributed by atoms with Crippen molar-refractivity contribution in [3.8, 4) is 0 Å². The second kappa shape index (κ2) is 9.22. The number of H-pyrrole nitrogens is 1. The first-order valence-electron chi connectivity index (χ1n) is 9.17. The number of ether oxygens (including phenoxy) is 1. The SMILES string of the molecule is C[C@@H](C(=O)O)N(C(=O)[C@H](Cc1ccccc1)NC(=O)OC(C)(C)C)c1cc[nH]n1. The van der Waals surface area contributed by atoms with Crippen molar-refractivity contribution in [1.82, 2.24) is 15.5 Å². The normalized spacial score (nSPS) is 13.2. The number of carboxylic acids is 1. The number of benzene rings is 1. The Kier molecular flexibility index (Phi) is 6.98. The molecule has 1 heterocycles. The fourth-order valence-electron chi connectivity index (χ4n) is 2.67. The molecular formula is C20H26N4O5. The van der Waals surface area contributed by atoms with E-state index in [1.54, 1.807) is 20.8 Å². The van der Waals surface area contributed by atoms with Crippen LogP contribution in [0, 0.1) is 0 Å². The molecule has 0 saturated heterocycles. The van der Waals surface area contributed by atoms with Crippen molar-refractivity contribution < 1.29 is 24.2 Å². The van der Waals surface area contributed by atoms with Gasteiger partial charge in [0.05, 0.1) is 0 Å². The first kappa shape index (κ1) is 21.9. The van der Waals surface area contributed by atoms with Gasteiger partial charge in [-0.25, -0.2) is 9.59 Å². The molecule has 9 nitrogen and oxygen atoms in total. The van der Waals surface area contributed by atoms with E-state index in [9.17, 15) is 19.5 Å². The van der Waals surface area contributed by atoms with E-state index in [1.165, 1.54) is 19.2 Å². The Hall–Kier alpha value is -3.36. The zero-order chi connectivity index (χ0) is 21.6. The maximum absolute atomic E-state index is 13.3. The molecule has 0 bridgehead atoms. The van der Waals surface area contributed by atoms with E-state index in [4.69, 9.17) is 4.74 Å². The summed E-state index contributed by atoms with van der Waals surface area (Å²) in [7, 11) is 0. The van der Waals surface area contributed by atoms with Crippen LogP contribution in [0.4, 0.5) is 10.6 Å². The summed E-state index contributed by atoms with van der Waals surface area (Å²) >= 11 is 0. The van der Waals surface area contributed by atoms with Crippen molar-refractivity contribution in [1.29, 1.82) is 0 Å². The first-order chi connectivity index (χ1) is 13.6. The van der Waals surface area contributed by atoms with Gasteiger partial charge in [-0.1, -0.05) is 30.3 Å². The molecule has 0 radical (unpaired) electrons. The number of aliphatic carboxylic acids is 1. The van der Waals surface area contributed by atoms with E-state index in [1.807, 2.05) is 30.3 Å². The lowest BCUT2D eigenvalue weighted by molar-refractivity contribution is -0.139. The van der Waals surface area contributed by atoms with Gasteiger partial charge in [-0.15, -0.1) is 0 Å². The average Bonchev–Trinajstić information content (AvgIpc) is 3.14. The van der Waals surface area contributed by atoms with E-state index >= 15 is 0 Å². The molecule has 0 saturated carbocycles. The average molecular weight is 402 g/mol. The van der Waals surface area contributed by atoms with Crippen LogP contribution in [0.5, 0.6) is 0 Å². The van der Waals surface area contributed by atoms with E-state index in [0.29, 0.717) is 0 Å². The van der Waals surface area contributed by atoms with Gasteiger partial charge in [0, 0.05) is 18.7 Å². The Bertz CT molecular complexity index is 830. The highest BCUT2D eigenvalue weighted by atomic mass is 16.6. The number of hydrogen-bond acceptors (Lipinski definition) is 5. The number of nitrogens with zero attached hydrogens (tertiary/aromatic N) is 2. The number of carboxylic acid groups (broad SMARTS) is 1. The van der Waals surface area contributed by atoms with Crippen molar-refractivity contribution in [2.24, 2.45) is 0 Å². The number of hydrogen-bond donors (Lipinski definition) is 3. The molecular weight excluding hydrogens is 376 g/mol. The van der Waals surface area contributed by atoms with Gasteiger partial charge in [0.25, 0.3) is 5.91 Å². The molecule has 2 aromatic rings. The quantitative estimate of drug-likeness (QED) is 0.653. The molecule has 9 heteroatoms. The molecule has 0 aliphatic carbocycles. The minimum atomic E-state index is -1.20. The lowest BCUT2D eigenvalue weighted by Crippen LogP contribution is -2.55. The molecule has 0 spiro atoms. The minimum Gasteiger partial charge on any atom is -0.480 e. The number of carbonyl (C=O) groups is 3. The van der Waals surface area contributed by atoms with Crippen molar-refractivity contribution in [3.05, 3.63) is 48.2 Å². The summed E-state index contributed by atoms with van der Waals surface area (Å²) in [5, 5.41) is 18.5. The van der Waals surface area contributed by atoms with Crippen molar-refractivity contribution >= 4 is 23.8 Å². The van der Waals surface area contributed by atoms with Gasteiger partial charge in [-0.05, 0) is 33.3 Å². The summed E-state index contributed by atoms with van der Waals surface area (Å²) < 4.78 is 5.28. The van der Waals surface area contributed by atoms with E-state index in [0.717, 1.165) is 10.5 Å². The largest absolute Gasteiger partial charge is 0.480 e. The van der Waals surface area contributed by atoms with Crippen LogP contribution in [0.15, 0.2) is 42.6 Å². The summed E-state index contributed by atoms with van der Waals surface area (Å²) in [5.41, 5.74) is 0.0487. The molecule has 0 aliphatic rings. The van der Waals surface area contributed by atoms with Crippen molar-refractivity contribution in [3.63, 3.8) is 0 Å². The Morgan fingerprint density at radius 2 is 1.86 bits per heavy atom. The number of alkyl carbamates (subject to hydrolysis) is 1. The number of anilines is 1. The van der Waals surface area contributed by atoms with Crippen LogP contribution >= 0.6 is 0 Å². The van der Waals surface area contributed by atoms with E-state index < -0.39 is 35.7 Å². The number of aromatic nitrogens is 2. The number of rotatable bonds is 7. The first-order valence-corrected chi connectivity index (χ1v) is 9.17. The van der Waals surface area contributed by atoms with Crippen LogP contribution in [0.3, 0.4) is 0 Å². The maximum atomic E-state index is 13.3. The third kappa shape index (κ3) is 6.34. The second-order valence-electron chi connectivity index (χ2n) is 7.54. The van der Waals surface area contributed by atoms with Gasteiger partial charge in [0.15, 0.2) is 5.82 Å². The summed E-state index contributed by atoms with van der Waals surface area (Å²) in [5.74, 6) is -1.66. The molecule has 29 heavy (non-hydrogen) atoms. The molecule has 1 aromatic heterocycles. The highest BCUT2D eigenvalue weighted by Gasteiger charge is 2.35. The second-order valence-corrected chi connectivity index (χ2v) is 7.54. The van der Waals surface area contributed by atoms with Gasteiger partial charge in [0.2, 0.25) is 0 Å². The van der Waals surface area contributed by atoms with Crippen LogP contribution in [-0.2, 0) is 20.7 Å². The molecule has 1 aromatic carbocycles. The summed E-state index contributed by atoms with van der Waals surface area (Å²) in [6, 6.07) is 8.35. The van der Waals surface area contributed by atoms with Gasteiger partial charge in [0.1, 0.15) is 17.7 Å². The van der Waals surface area contributed by atoms with E-state index in [-0.39, 0.29) is 12.2 Å². The number of carbonyl (C=O) groups excluding carboxylic acids is 2. The monoisotopic (exact) mass is 402 g/mol. The minimum absolute atomic E-state index is 0.147. The number of aromatic amines is 1. The smallest absolute Gasteiger partial charge is 0.408 e. The Labute approximate surface area is 169 Å². The molecule has 3 N–H and O–H groups in total. The summed E-state index contributed by atoms with van der Waals surface area (Å²) in [6.07, 6.45) is 0.876. The Morgan fingerprint density at radius 3 is 2.38 bits per heavy atom. The number of nitrogens with one attached hydrogen (secondary N) is 2. The van der Waals surface area contributed by atoms with E-state index in [2.05, 4.69) is 15.5 Å². The molecule has 0 unspecified atom stereocenters. The highest BCUT2D eigenvalue weighted by Crippen LogP contribution is 2.17. The molecule has 0 fully saturated rings. The lowest BCUT2D eigenvalue weighted by atomic mass is 10.0. The van der Waals surface area contributed by atoms with Gasteiger partial charge in [-0.2, -0.15) is 5.10 Å².